The maximum Gasteiger partial charge on any atom is 0.335 e. The van der Waals surface area contributed by atoms with Crippen LogP contribution in [0.5, 0.6) is 5.75 Å². The third-order valence-electron chi connectivity index (χ3n) is 8.92. The van der Waals surface area contributed by atoms with Crippen molar-refractivity contribution in [2.45, 2.75) is 18.8 Å². The Kier molecular flexibility index (Phi) is 5.92. The summed E-state index contributed by atoms with van der Waals surface area (Å²) in [5.41, 5.74) is 1.86. The van der Waals surface area contributed by atoms with Gasteiger partial charge in [-0.05, 0) is 69.7 Å². The summed E-state index contributed by atoms with van der Waals surface area (Å²) in [6, 6.07) is 16.5. The first kappa shape index (κ1) is 26.3. The molecule has 1 fully saturated rings. The summed E-state index contributed by atoms with van der Waals surface area (Å²) >= 11 is 3.23. The van der Waals surface area contributed by atoms with Crippen molar-refractivity contribution in [3.63, 3.8) is 0 Å². The zero-order chi connectivity index (χ0) is 29.4. The highest BCUT2D eigenvalue weighted by molar-refractivity contribution is 9.12. The number of nitrogens with zero attached hydrogens (tertiary/aromatic N) is 1. The van der Waals surface area contributed by atoms with Crippen LogP contribution >= 0.6 is 15.9 Å². The summed E-state index contributed by atoms with van der Waals surface area (Å²) < 4.78 is 0.118. The van der Waals surface area contributed by atoms with Crippen molar-refractivity contribution in [1.29, 1.82) is 0 Å². The summed E-state index contributed by atoms with van der Waals surface area (Å²) in [5.74, 6) is -5.77. The van der Waals surface area contributed by atoms with E-state index in [1.54, 1.807) is 12.1 Å². The van der Waals surface area contributed by atoms with E-state index < -0.39 is 41.5 Å². The number of aromatic carboxylic acids is 1. The molecule has 0 spiro atoms. The number of carbonyl (C=O) groups excluding carboxylic acids is 4. The smallest absolute Gasteiger partial charge is 0.335 e. The fourth-order valence-corrected chi connectivity index (χ4v) is 7.61. The van der Waals surface area contributed by atoms with E-state index in [9.17, 15) is 34.2 Å². The minimum absolute atomic E-state index is 0.0379. The monoisotopic (exact) mass is 623 g/mol. The molecule has 1 saturated heterocycles. The Balaban J connectivity index is 1.41. The lowest BCUT2D eigenvalue weighted by molar-refractivity contribution is -0.123. The van der Waals surface area contributed by atoms with Crippen LogP contribution in [-0.4, -0.2) is 39.6 Å². The molecule has 0 radical (unpaired) electrons. The van der Waals surface area contributed by atoms with Gasteiger partial charge in [0, 0.05) is 28.7 Å². The molecule has 9 heteroatoms. The molecule has 1 aliphatic heterocycles. The number of carboxylic acid groups (broad SMARTS) is 1. The number of phenols is 1. The number of ketones is 2. The highest BCUT2D eigenvalue weighted by atomic mass is 79.9. The van der Waals surface area contributed by atoms with Crippen LogP contribution in [0.25, 0.3) is 10.8 Å². The Morgan fingerprint density at radius 3 is 2.50 bits per heavy atom. The lowest BCUT2D eigenvalue weighted by Crippen LogP contribution is -2.39. The second-order valence-electron chi connectivity index (χ2n) is 11.0. The zero-order valence-electron chi connectivity index (χ0n) is 21.9. The van der Waals surface area contributed by atoms with Crippen molar-refractivity contribution in [2.24, 2.45) is 17.8 Å². The number of fused-ring (bicyclic) bond motifs is 4. The standard InChI is InChI=1S/C33H22BrNO7/c34-23-14-25(37)28-22(30(23)38)13-21-19(29(28)27-18-7-2-1-4-15(18)8-11-24(27)36)9-10-20-26(21)32(40)35(31(20)39)17-6-3-5-16(12-17)33(41)42/h1-9,11-12,14,20-21,26,29,36H,10,13H2,(H,41,42). The van der Waals surface area contributed by atoms with E-state index >= 15 is 0 Å². The number of imide groups is 1. The summed E-state index contributed by atoms with van der Waals surface area (Å²) in [6.45, 7) is 0. The second kappa shape index (κ2) is 9.46. The minimum Gasteiger partial charge on any atom is -0.508 e. The molecule has 42 heavy (non-hydrogen) atoms. The number of phenolic OH excluding ortho intramolecular Hbond substituents is 1. The molecule has 0 saturated carbocycles. The van der Waals surface area contributed by atoms with Gasteiger partial charge in [-0.2, -0.15) is 0 Å². The van der Waals surface area contributed by atoms with Crippen LogP contribution in [0.3, 0.4) is 0 Å². The van der Waals surface area contributed by atoms with E-state index in [1.807, 2.05) is 30.3 Å². The Morgan fingerprint density at radius 1 is 0.929 bits per heavy atom. The van der Waals surface area contributed by atoms with Gasteiger partial charge in [-0.1, -0.05) is 48.0 Å². The van der Waals surface area contributed by atoms with Crippen molar-refractivity contribution in [1.82, 2.24) is 0 Å². The number of allylic oxidation sites excluding steroid dienone is 6. The van der Waals surface area contributed by atoms with Gasteiger partial charge in [-0.3, -0.25) is 24.1 Å². The SMILES string of the molecule is O=C1C=C(Br)C(=O)C2=C1C(c1c(O)ccc3ccccc13)C1=CCC3C(=O)N(c4cccc(C(=O)O)c4)C(=O)C3C1C2. The van der Waals surface area contributed by atoms with Crippen molar-refractivity contribution < 1.29 is 34.2 Å². The number of rotatable bonds is 3. The van der Waals surface area contributed by atoms with E-state index in [0.29, 0.717) is 10.9 Å². The van der Waals surface area contributed by atoms with Gasteiger partial charge < -0.3 is 10.2 Å². The van der Waals surface area contributed by atoms with Crippen LogP contribution in [0, 0.1) is 17.8 Å². The Hall–Kier alpha value is -4.63. The molecule has 0 bridgehead atoms. The van der Waals surface area contributed by atoms with Gasteiger partial charge in [0.1, 0.15) is 5.75 Å². The van der Waals surface area contributed by atoms with Crippen LogP contribution in [0.15, 0.2) is 94.0 Å². The highest BCUT2D eigenvalue weighted by Gasteiger charge is 2.57. The van der Waals surface area contributed by atoms with Gasteiger partial charge in [-0.25, -0.2) is 4.79 Å². The number of hydrogen-bond donors (Lipinski definition) is 2. The first-order chi connectivity index (χ1) is 20.2. The maximum atomic E-state index is 14.1. The highest BCUT2D eigenvalue weighted by Crippen LogP contribution is 2.57. The van der Waals surface area contributed by atoms with E-state index in [2.05, 4.69) is 15.9 Å². The average molecular weight is 624 g/mol. The van der Waals surface area contributed by atoms with Crippen molar-refractivity contribution in [3.8, 4) is 5.75 Å². The molecule has 4 atom stereocenters. The zero-order valence-corrected chi connectivity index (χ0v) is 23.5. The predicted molar refractivity (Wildman–Crippen MR) is 156 cm³/mol. The summed E-state index contributed by atoms with van der Waals surface area (Å²) in [4.78, 5) is 67.5. The molecule has 4 unspecified atom stereocenters. The molecule has 3 aromatic rings. The number of hydrogen-bond acceptors (Lipinski definition) is 6. The molecule has 3 aromatic carbocycles. The molecule has 2 amide bonds. The van der Waals surface area contributed by atoms with Gasteiger partial charge in [0.15, 0.2) is 11.6 Å². The quantitative estimate of drug-likeness (QED) is 0.233. The first-order valence-electron chi connectivity index (χ1n) is 13.5. The number of Topliss-reactive ketones (excluding diaryl/α,β-unsaturated/α-hetero) is 1. The molecule has 2 N–H and O–H groups in total. The molecule has 4 aliphatic rings. The average Bonchev–Trinajstić information content (AvgIpc) is 3.24. The molecule has 7 rings (SSSR count). The number of carbonyl (C=O) groups is 5. The van der Waals surface area contributed by atoms with Crippen LogP contribution in [0.1, 0.15) is 34.7 Å². The van der Waals surface area contributed by atoms with E-state index in [0.717, 1.165) is 15.9 Å². The first-order valence-corrected chi connectivity index (χ1v) is 14.3. The number of anilines is 1. The van der Waals surface area contributed by atoms with Crippen LogP contribution in [0.2, 0.25) is 0 Å². The molecule has 3 aliphatic carbocycles. The molecule has 208 valence electrons. The number of carboxylic acids is 1. The summed E-state index contributed by atoms with van der Waals surface area (Å²) in [5, 5.41) is 22.3. The van der Waals surface area contributed by atoms with Gasteiger partial charge >= 0.3 is 5.97 Å². The van der Waals surface area contributed by atoms with Crippen molar-refractivity contribution in [3.05, 3.63) is 105 Å². The van der Waals surface area contributed by atoms with E-state index in [4.69, 9.17) is 0 Å². The van der Waals surface area contributed by atoms with Gasteiger partial charge in [0.25, 0.3) is 0 Å². The van der Waals surface area contributed by atoms with E-state index in [-0.39, 0.29) is 57.0 Å². The van der Waals surface area contributed by atoms with Crippen LogP contribution in [-0.2, 0) is 19.2 Å². The van der Waals surface area contributed by atoms with Gasteiger partial charge in [0.05, 0.1) is 27.6 Å². The molecular formula is C33H22BrNO7. The second-order valence-corrected chi connectivity index (χ2v) is 11.8. The number of amides is 2. The largest absolute Gasteiger partial charge is 0.508 e. The summed E-state index contributed by atoms with van der Waals surface area (Å²) in [7, 11) is 0. The van der Waals surface area contributed by atoms with Crippen molar-refractivity contribution in [2.75, 3.05) is 4.90 Å². The molecule has 0 aromatic heterocycles. The normalized spacial score (nSPS) is 25.2. The number of aromatic hydroxyl groups is 1. The van der Waals surface area contributed by atoms with E-state index in [1.165, 1.54) is 30.3 Å². The topological polar surface area (TPSA) is 129 Å². The lowest BCUT2D eigenvalue weighted by Gasteiger charge is -2.42. The van der Waals surface area contributed by atoms with Gasteiger partial charge in [0.2, 0.25) is 11.8 Å². The van der Waals surface area contributed by atoms with Crippen LogP contribution < -0.4 is 4.90 Å². The lowest BCUT2D eigenvalue weighted by atomic mass is 9.59. The maximum absolute atomic E-state index is 14.1. The summed E-state index contributed by atoms with van der Waals surface area (Å²) in [6.07, 6.45) is 3.45. The molecular weight excluding hydrogens is 602 g/mol. The Bertz CT molecular complexity index is 1900. The third-order valence-corrected chi connectivity index (χ3v) is 9.51. The minimum atomic E-state index is -1.18. The fourth-order valence-electron chi connectivity index (χ4n) is 7.16. The Labute approximate surface area is 247 Å². The number of benzene rings is 3. The third kappa shape index (κ3) is 3.69. The predicted octanol–water partition coefficient (Wildman–Crippen LogP) is 5.21. The molecule has 1 heterocycles. The number of halogens is 1. The van der Waals surface area contributed by atoms with Gasteiger partial charge in [-0.15, -0.1) is 0 Å². The fraction of sp³-hybridized carbons (Fsp3) is 0.182. The van der Waals surface area contributed by atoms with Crippen LogP contribution in [0.4, 0.5) is 5.69 Å². The van der Waals surface area contributed by atoms with Crippen molar-refractivity contribution >= 4 is 61.7 Å². The molecule has 8 nitrogen and oxygen atoms in total. The Morgan fingerprint density at radius 2 is 1.71 bits per heavy atom.